The van der Waals surface area contributed by atoms with Gasteiger partial charge >= 0.3 is 5.97 Å². The summed E-state index contributed by atoms with van der Waals surface area (Å²) in [7, 11) is 0. The molecule has 1 heterocycles. The van der Waals surface area contributed by atoms with E-state index in [1.54, 1.807) is 36.4 Å². The Balaban J connectivity index is 1.36. The van der Waals surface area contributed by atoms with E-state index in [1.165, 1.54) is 6.42 Å². The summed E-state index contributed by atoms with van der Waals surface area (Å²) in [5.74, 6) is 0.208. The summed E-state index contributed by atoms with van der Waals surface area (Å²) >= 11 is 0. The van der Waals surface area contributed by atoms with Crippen LogP contribution >= 0.6 is 0 Å². The third-order valence-electron chi connectivity index (χ3n) is 5.09. The monoisotopic (exact) mass is 389 g/mol. The number of amides is 1. The summed E-state index contributed by atoms with van der Waals surface area (Å²) in [5, 5.41) is 2.79. The second-order valence-corrected chi connectivity index (χ2v) is 7.23. The quantitative estimate of drug-likeness (QED) is 0.569. The van der Waals surface area contributed by atoms with E-state index in [4.69, 9.17) is 9.15 Å². The van der Waals surface area contributed by atoms with Gasteiger partial charge in [-0.15, -0.1) is 0 Å². The number of hydrogen-bond acceptors (Lipinski definition) is 4. The van der Waals surface area contributed by atoms with Crippen LogP contribution in [0.15, 0.2) is 71.1 Å². The lowest BCUT2D eigenvalue weighted by atomic mass is 9.98. The summed E-state index contributed by atoms with van der Waals surface area (Å²) in [6, 6.07) is 19.7. The minimum Gasteiger partial charge on any atom is -0.459 e. The van der Waals surface area contributed by atoms with Gasteiger partial charge in [0.05, 0.1) is 5.56 Å². The summed E-state index contributed by atoms with van der Waals surface area (Å²) < 4.78 is 11.2. The molecule has 1 aliphatic rings. The Morgan fingerprint density at radius 3 is 2.31 bits per heavy atom. The van der Waals surface area contributed by atoms with Gasteiger partial charge in [0.25, 0.3) is 5.91 Å². The maximum atomic E-state index is 12.4. The SMILES string of the molecule is O=C(OC1CCCCC1)c1ccc(NC(=O)c2ccc(-c3ccccc3)o2)cc1. The summed E-state index contributed by atoms with van der Waals surface area (Å²) in [5.41, 5.74) is 1.98. The zero-order valence-corrected chi connectivity index (χ0v) is 16.1. The largest absolute Gasteiger partial charge is 0.459 e. The van der Waals surface area contributed by atoms with E-state index in [0.29, 0.717) is 17.0 Å². The van der Waals surface area contributed by atoms with Crippen molar-refractivity contribution in [3.8, 4) is 11.3 Å². The van der Waals surface area contributed by atoms with Crippen LogP contribution < -0.4 is 5.32 Å². The van der Waals surface area contributed by atoms with Crippen LogP contribution in [0.5, 0.6) is 0 Å². The molecule has 1 aromatic heterocycles. The van der Waals surface area contributed by atoms with Crippen molar-refractivity contribution in [2.24, 2.45) is 0 Å². The summed E-state index contributed by atoms with van der Waals surface area (Å²) in [4.78, 5) is 24.7. The van der Waals surface area contributed by atoms with Crippen LogP contribution in [-0.4, -0.2) is 18.0 Å². The lowest BCUT2D eigenvalue weighted by Crippen LogP contribution is -2.20. The molecule has 0 bridgehead atoms. The van der Waals surface area contributed by atoms with E-state index in [2.05, 4.69) is 5.32 Å². The minimum atomic E-state index is -0.343. The molecule has 0 atom stereocenters. The molecule has 5 nitrogen and oxygen atoms in total. The van der Waals surface area contributed by atoms with Crippen molar-refractivity contribution in [2.75, 3.05) is 5.32 Å². The Bertz CT molecular complexity index is 970. The van der Waals surface area contributed by atoms with Gasteiger partial charge in [-0.1, -0.05) is 36.8 Å². The van der Waals surface area contributed by atoms with Gasteiger partial charge in [0.2, 0.25) is 0 Å². The highest BCUT2D eigenvalue weighted by Gasteiger charge is 2.19. The van der Waals surface area contributed by atoms with Crippen LogP contribution in [0.3, 0.4) is 0 Å². The highest BCUT2D eigenvalue weighted by Crippen LogP contribution is 2.23. The number of carbonyl (C=O) groups excluding carboxylic acids is 2. The van der Waals surface area contributed by atoms with E-state index in [0.717, 1.165) is 31.2 Å². The zero-order valence-electron chi connectivity index (χ0n) is 16.1. The molecular weight excluding hydrogens is 366 g/mol. The Kier molecular flexibility index (Phi) is 5.75. The smallest absolute Gasteiger partial charge is 0.338 e. The average molecular weight is 389 g/mol. The number of hydrogen-bond donors (Lipinski definition) is 1. The van der Waals surface area contributed by atoms with Crippen molar-refractivity contribution in [1.29, 1.82) is 0 Å². The molecule has 0 saturated heterocycles. The first-order valence-electron chi connectivity index (χ1n) is 9.97. The van der Waals surface area contributed by atoms with Gasteiger partial charge in [0, 0.05) is 11.3 Å². The zero-order chi connectivity index (χ0) is 20.1. The van der Waals surface area contributed by atoms with Gasteiger partial charge in [-0.3, -0.25) is 4.79 Å². The molecule has 1 aliphatic carbocycles. The fraction of sp³-hybridized carbons (Fsp3) is 0.250. The fourth-order valence-electron chi connectivity index (χ4n) is 3.50. The van der Waals surface area contributed by atoms with Gasteiger partial charge in [0.15, 0.2) is 5.76 Å². The van der Waals surface area contributed by atoms with Crippen molar-refractivity contribution < 1.29 is 18.7 Å². The molecule has 0 aliphatic heterocycles. The molecular formula is C24H23NO4. The molecule has 0 unspecified atom stereocenters. The van der Waals surface area contributed by atoms with Crippen molar-refractivity contribution in [3.63, 3.8) is 0 Å². The van der Waals surface area contributed by atoms with Crippen LogP contribution in [0.1, 0.15) is 53.0 Å². The first-order chi connectivity index (χ1) is 14.2. The highest BCUT2D eigenvalue weighted by molar-refractivity contribution is 6.02. The maximum Gasteiger partial charge on any atom is 0.338 e. The number of nitrogens with one attached hydrogen (secondary N) is 1. The topological polar surface area (TPSA) is 68.5 Å². The van der Waals surface area contributed by atoms with Crippen molar-refractivity contribution in [1.82, 2.24) is 0 Å². The first kappa shape index (κ1) is 19.0. The Hall–Kier alpha value is -3.34. The molecule has 1 fully saturated rings. The molecule has 29 heavy (non-hydrogen) atoms. The molecule has 2 aromatic carbocycles. The van der Waals surface area contributed by atoms with Gasteiger partial charge in [-0.05, 0) is 62.1 Å². The molecule has 5 heteroatoms. The number of anilines is 1. The second kappa shape index (κ2) is 8.78. The number of esters is 1. The maximum absolute atomic E-state index is 12.4. The third-order valence-corrected chi connectivity index (χ3v) is 5.09. The van der Waals surface area contributed by atoms with E-state index in [9.17, 15) is 9.59 Å². The fourth-order valence-corrected chi connectivity index (χ4v) is 3.50. The molecule has 1 amide bonds. The molecule has 0 radical (unpaired) electrons. The molecule has 3 aromatic rings. The standard InChI is InChI=1S/C24H23NO4/c26-23(22-16-15-21(29-22)17-7-3-1-4-8-17)25-19-13-11-18(12-14-19)24(27)28-20-9-5-2-6-10-20/h1,3-4,7-8,11-16,20H,2,5-6,9-10H2,(H,25,26). The Morgan fingerprint density at radius 1 is 0.862 bits per heavy atom. The van der Waals surface area contributed by atoms with Gasteiger partial charge in [-0.2, -0.15) is 0 Å². The first-order valence-corrected chi connectivity index (χ1v) is 9.97. The summed E-state index contributed by atoms with van der Waals surface area (Å²) in [6.45, 7) is 0. The molecule has 0 spiro atoms. The third kappa shape index (κ3) is 4.74. The van der Waals surface area contributed by atoms with Crippen molar-refractivity contribution >= 4 is 17.6 Å². The Labute approximate surface area is 169 Å². The molecule has 4 rings (SSSR count). The van der Waals surface area contributed by atoms with E-state index in [-0.39, 0.29) is 23.7 Å². The number of rotatable bonds is 5. The average Bonchev–Trinajstić information content (AvgIpc) is 3.26. The van der Waals surface area contributed by atoms with Gasteiger partial charge in [0.1, 0.15) is 11.9 Å². The summed E-state index contributed by atoms with van der Waals surface area (Å²) in [6.07, 6.45) is 5.34. The van der Waals surface area contributed by atoms with Crippen LogP contribution in [-0.2, 0) is 4.74 Å². The lowest BCUT2D eigenvalue weighted by Gasteiger charge is -2.21. The number of ether oxygens (including phenoxy) is 1. The van der Waals surface area contributed by atoms with E-state index in [1.807, 2.05) is 30.3 Å². The second-order valence-electron chi connectivity index (χ2n) is 7.23. The molecule has 1 N–H and O–H groups in total. The lowest BCUT2D eigenvalue weighted by molar-refractivity contribution is 0.0211. The number of furan rings is 1. The number of benzene rings is 2. The Morgan fingerprint density at radius 2 is 1.59 bits per heavy atom. The van der Waals surface area contributed by atoms with Gasteiger partial charge < -0.3 is 14.5 Å². The van der Waals surface area contributed by atoms with Crippen LogP contribution in [0.2, 0.25) is 0 Å². The van der Waals surface area contributed by atoms with Crippen molar-refractivity contribution in [2.45, 2.75) is 38.2 Å². The predicted molar refractivity (Wildman–Crippen MR) is 111 cm³/mol. The highest BCUT2D eigenvalue weighted by atomic mass is 16.5. The van der Waals surface area contributed by atoms with Crippen LogP contribution in [0, 0.1) is 0 Å². The van der Waals surface area contributed by atoms with E-state index >= 15 is 0 Å². The molecule has 1 saturated carbocycles. The van der Waals surface area contributed by atoms with Gasteiger partial charge in [-0.25, -0.2) is 4.79 Å². The predicted octanol–water partition coefficient (Wildman–Crippen LogP) is 5.69. The van der Waals surface area contributed by atoms with Crippen LogP contribution in [0.4, 0.5) is 5.69 Å². The normalized spacial score (nSPS) is 14.3. The minimum absolute atomic E-state index is 0.0217. The number of carbonyl (C=O) groups is 2. The van der Waals surface area contributed by atoms with E-state index < -0.39 is 0 Å². The molecule has 148 valence electrons. The van der Waals surface area contributed by atoms with Crippen LogP contribution in [0.25, 0.3) is 11.3 Å². The van der Waals surface area contributed by atoms with Crippen molar-refractivity contribution in [3.05, 3.63) is 78.1 Å².